The standard InChI is InChI=1S/3C3H6Cl2.H3O4P/c3*1-3(5)2-4;1-5(2,3)4/h3*3H,2H2,1H3;(H3,1,2,3,4). The first kappa shape index (κ1) is 29.8. The molecule has 3 atom stereocenters. The fourth-order valence-electron chi connectivity index (χ4n) is 0. The second-order valence-corrected chi connectivity index (χ2v) is 7.51. The molecule has 0 aliphatic heterocycles. The molecule has 20 heavy (non-hydrogen) atoms. The van der Waals surface area contributed by atoms with Crippen LogP contribution in [0, 0.1) is 0 Å². The molecular weight excluding hydrogens is 416 g/mol. The molecule has 0 aliphatic carbocycles. The maximum absolute atomic E-state index is 8.88. The second-order valence-electron chi connectivity index (χ2n) is 3.32. The molecule has 0 amide bonds. The molecule has 0 saturated heterocycles. The minimum atomic E-state index is -4.64. The molecule has 11 heteroatoms. The van der Waals surface area contributed by atoms with Crippen molar-refractivity contribution in [2.75, 3.05) is 17.6 Å². The van der Waals surface area contributed by atoms with Crippen LogP contribution in [-0.2, 0) is 4.57 Å². The highest BCUT2D eigenvalue weighted by Crippen LogP contribution is 2.25. The maximum atomic E-state index is 8.88. The van der Waals surface area contributed by atoms with E-state index in [1.54, 1.807) is 0 Å². The van der Waals surface area contributed by atoms with Crippen LogP contribution in [0.5, 0.6) is 0 Å². The van der Waals surface area contributed by atoms with Gasteiger partial charge >= 0.3 is 7.82 Å². The number of rotatable bonds is 3. The van der Waals surface area contributed by atoms with Crippen molar-refractivity contribution >= 4 is 77.4 Å². The minimum Gasteiger partial charge on any atom is -0.303 e. The molecule has 0 rings (SSSR count). The normalized spacial score (nSPS) is 14.2. The molecule has 0 radical (unpaired) electrons. The molecule has 0 saturated carbocycles. The van der Waals surface area contributed by atoms with E-state index in [1.165, 1.54) is 0 Å². The molecule has 4 nitrogen and oxygen atoms in total. The van der Waals surface area contributed by atoms with Gasteiger partial charge in [0.15, 0.2) is 0 Å². The van der Waals surface area contributed by atoms with Crippen LogP contribution in [-0.4, -0.2) is 48.5 Å². The zero-order chi connectivity index (χ0) is 17.4. The van der Waals surface area contributed by atoms with Crippen LogP contribution >= 0.6 is 77.4 Å². The van der Waals surface area contributed by atoms with Gasteiger partial charge in [0.05, 0.1) is 0 Å². The molecule has 3 N–H and O–H groups in total. The summed E-state index contributed by atoms with van der Waals surface area (Å²) in [7, 11) is -4.64. The summed E-state index contributed by atoms with van der Waals surface area (Å²) in [6.07, 6.45) is 0. The quantitative estimate of drug-likeness (QED) is 0.445. The van der Waals surface area contributed by atoms with Crippen molar-refractivity contribution in [2.24, 2.45) is 0 Å². The Morgan fingerprint density at radius 1 is 0.750 bits per heavy atom. The lowest BCUT2D eigenvalue weighted by Gasteiger charge is -1.85. The Labute approximate surface area is 150 Å². The summed E-state index contributed by atoms with van der Waals surface area (Å²) in [5, 5.41) is 0.366. The van der Waals surface area contributed by atoms with Gasteiger partial charge in [0.2, 0.25) is 0 Å². The van der Waals surface area contributed by atoms with Gasteiger partial charge in [-0.1, -0.05) is 0 Å². The van der Waals surface area contributed by atoms with Crippen LogP contribution < -0.4 is 0 Å². The molecule has 0 aromatic rings. The summed E-state index contributed by atoms with van der Waals surface area (Å²) in [5.41, 5.74) is 0. The minimum absolute atomic E-state index is 0.122. The first-order valence-electron chi connectivity index (χ1n) is 5.20. The zero-order valence-corrected chi connectivity index (χ0v) is 16.7. The van der Waals surface area contributed by atoms with E-state index in [0.717, 1.165) is 0 Å². The van der Waals surface area contributed by atoms with Crippen molar-refractivity contribution in [1.29, 1.82) is 0 Å². The highest BCUT2D eigenvalue weighted by Gasteiger charge is 2.00. The van der Waals surface area contributed by atoms with Gasteiger partial charge < -0.3 is 14.7 Å². The lowest BCUT2D eigenvalue weighted by molar-refractivity contribution is 0.275. The Balaban J connectivity index is -0.0000000853. The predicted molar refractivity (Wildman–Crippen MR) is 92.4 cm³/mol. The maximum Gasteiger partial charge on any atom is 0.466 e. The summed E-state index contributed by atoms with van der Waals surface area (Å²) in [6, 6.07) is 0. The van der Waals surface area contributed by atoms with Crippen LogP contribution in [0.3, 0.4) is 0 Å². The van der Waals surface area contributed by atoms with E-state index >= 15 is 0 Å². The second kappa shape index (κ2) is 20.9. The number of halogens is 6. The molecule has 0 aromatic carbocycles. The van der Waals surface area contributed by atoms with Gasteiger partial charge in [-0.25, -0.2) is 4.57 Å². The first-order valence-corrected chi connectivity index (χ1v) is 9.67. The van der Waals surface area contributed by atoms with Crippen molar-refractivity contribution in [2.45, 2.75) is 36.9 Å². The van der Waals surface area contributed by atoms with Gasteiger partial charge in [-0.05, 0) is 20.8 Å². The molecular formula is C9H21Cl6O4P. The summed E-state index contributed by atoms with van der Waals surface area (Å²) in [6.45, 7) is 5.57. The first-order chi connectivity index (χ1) is 8.81. The van der Waals surface area contributed by atoms with E-state index in [2.05, 4.69) is 0 Å². The van der Waals surface area contributed by atoms with Crippen molar-refractivity contribution in [3.8, 4) is 0 Å². The monoisotopic (exact) mass is 434 g/mol. The molecule has 3 unspecified atom stereocenters. The largest absolute Gasteiger partial charge is 0.466 e. The molecule has 0 aromatic heterocycles. The average Bonchev–Trinajstić information content (AvgIpc) is 2.28. The summed E-state index contributed by atoms with van der Waals surface area (Å²) < 4.78 is 8.88. The van der Waals surface area contributed by atoms with E-state index in [1.807, 2.05) is 20.8 Å². The van der Waals surface area contributed by atoms with Crippen LogP contribution in [0.4, 0.5) is 0 Å². The van der Waals surface area contributed by atoms with Gasteiger partial charge in [0, 0.05) is 33.8 Å². The molecule has 0 fully saturated rings. The van der Waals surface area contributed by atoms with Gasteiger partial charge in [-0.3, -0.25) is 0 Å². The number of alkyl halides is 6. The number of hydrogen-bond donors (Lipinski definition) is 3. The highest BCUT2D eigenvalue weighted by molar-refractivity contribution is 7.45. The Morgan fingerprint density at radius 3 is 0.800 bits per heavy atom. The lowest BCUT2D eigenvalue weighted by atomic mass is 10.6. The van der Waals surface area contributed by atoms with Gasteiger partial charge in [-0.2, -0.15) is 0 Å². The predicted octanol–water partition coefficient (Wildman–Crippen LogP) is 4.63. The van der Waals surface area contributed by atoms with Crippen LogP contribution in [0.2, 0.25) is 0 Å². The third-order valence-corrected chi connectivity index (χ3v) is 2.96. The van der Waals surface area contributed by atoms with Crippen molar-refractivity contribution in [1.82, 2.24) is 0 Å². The van der Waals surface area contributed by atoms with Crippen molar-refractivity contribution < 1.29 is 19.2 Å². The van der Waals surface area contributed by atoms with Crippen molar-refractivity contribution in [3.05, 3.63) is 0 Å². The Hall–Kier alpha value is 1.85. The summed E-state index contributed by atoms with van der Waals surface area (Å²) in [4.78, 5) is 21.6. The summed E-state index contributed by atoms with van der Waals surface area (Å²) in [5.74, 6) is 1.63. The van der Waals surface area contributed by atoms with Crippen LogP contribution in [0.1, 0.15) is 20.8 Å². The fraction of sp³-hybridized carbons (Fsp3) is 1.00. The van der Waals surface area contributed by atoms with E-state index in [-0.39, 0.29) is 16.1 Å². The topological polar surface area (TPSA) is 77.8 Å². The highest BCUT2D eigenvalue weighted by atomic mass is 35.5. The number of phosphoric acid groups is 1. The summed E-state index contributed by atoms with van der Waals surface area (Å²) >= 11 is 31.6. The van der Waals surface area contributed by atoms with Crippen LogP contribution in [0.15, 0.2) is 0 Å². The molecule has 0 aliphatic rings. The van der Waals surface area contributed by atoms with E-state index in [9.17, 15) is 0 Å². The fourth-order valence-corrected chi connectivity index (χ4v) is 0. The Bertz CT molecular complexity index is 185. The molecule has 0 bridgehead atoms. The van der Waals surface area contributed by atoms with Crippen LogP contribution in [0.25, 0.3) is 0 Å². The van der Waals surface area contributed by atoms with E-state index < -0.39 is 7.82 Å². The lowest BCUT2D eigenvalue weighted by Crippen LogP contribution is -1.87. The van der Waals surface area contributed by atoms with Gasteiger partial charge in [0.1, 0.15) is 0 Å². The van der Waals surface area contributed by atoms with Gasteiger partial charge in [-0.15, -0.1) is 69.6 Å². The molecule has 0 heterocycles. The Kier molecular flexibility index (Phi) is 31.1. The average molecular weight is 437 g/mol. The Morgan fingerprint density at radius 2 is 0.800 bits per heavy atom. The van der Waals surface area contributed by atoms with E-state index in [0.29, 0.717) is 17.6 Å². The third-order valence-electron chi connectivity index (χ3n) is 0.638. The third kappa shape index (κ3) is 114. The zero-order valence-electron chi connectivity index (χ0n) is 11.3. The SMILES string of the molecule is CC(Cl)CCl.CC(Cl)CCl.CC(Cl)CCl.O=P(O)(O)O. The van der Waals surface area contributed by atoms with E-state index in [4.69, 9.17) is 88.9 Å². The van der Waals surface area contributed by atoms with Crippen molar-refractivity contribution in [3.63, 3.8) is 0 Å². The molecule has 128 valence electrons. The molecule has 0 spiro atoms. The number of hydrogen-bond acceptors (Lipinski definition) is 1. The smallest absolute Gasteiger partial charge is 0.303 e. The van der Waals surface area contributed by atoms with Gasteiger partial charge in [0.25, 0.3) is 0 Å².